The molecule has 1 heterocycles. The van der Waals surface area contributed by atoms with Crippen LogP contribution in [-0.2, 0) is 0 Å². The van der Waals surface area contributed by atoms with Crippen LogP contribution in [0.1, 0.15) is 10.4 Å². The standard InChI is InChI=1S/C9H9FN2O2/c10-8-6(13)2-1-5-7(8)9(14)12-4-3-11-5/h1-2,11,13H,3-4H2,(H,12,14). The van der Waals surface area contributed by atoms with Gasteiger partial charge in [-0.3, -0.25) is 4.79 Å². The highest BCUT2D eigenvalue weighted by Gasteiger charge is 2.21. The highest BCUT2D eigenvalue weighted by Crippen LogP contribution is 2.26. The van der Waals surface area contributed by atoms with Crippen molar-refractivity contribution >= 4 is 11.6 Å². The Balaban J connectivity index is 2.60. The monoisotopic (exact) mass is 196 g/mol. The van der Waals surface area contributed by atoms with Crippen LogP contribution < -0.4 is 10.6 Å². The number of rotatable bonds is 0. The van der Waals surface area contributed by atoms with Crippen LogP contribution >= 0.6 is 0 Å². The average Bonchev–Trinajstić information content (AvgIpc) is 2.35. The Morgan fingerprint density at radius 2 is 2.00 bits per heavy atom. The lowest BCUT2D eigenvalue weighted by atomic mass is 10.1. The van der Waals surface area contributed by atoms with E-state index in [-0.39, 0.29) is 5.56 Å². The number of phenolic OH excluding ortho intramolecular Hbond substituents is 1. The van der Waals surface area contributed by atoms with Crippen LogP contribution in [-0.4, -0.2) is 24.1 Å². The van der Waals surface area contributed by atoms with Gasteiger partial charge >= 0.3 is 0 Å². The van der Waals surface area contributed by atoms with Gasteiger partial charge in [0.2, 0.25) is 0 Å². The van der Waals surface area contributed by atoms with Crippen LogP contribution in [0.3, 0.4) is 0 Å². The third kappa shape index (κ3) is 1.26. The number of carbonyl (C=O) groups is 1. The van der Waals surface area contributed by atoms with Crippen LogP contribution in [0.15, 0.2) is 12.1 Å². The van der Waals surface area contributed by atoms with Gasteiger partial charge in [0.25, 0.3) is 5.91 Å². The van der Waals surface area contributed by atoms with Gasteiger partial charge in [0, 0.05) is 13.1 Å². The van der Waals surface area contributed by atoms with Crippen molar-refractivity contribution < 1.29 is 14.3 Å². The van der Waals surface area contributed by atoms with E-state index >= 15 is 0 Å². The highest BCUT2D eigenvalue weighted by atomic mass is 19.1. The Kier molecular flexibility index (Phi) is 1.99. The smallest absolute Gasteiger partial charge is 0.256 e. The summed E-state index contributed by atoms with van der Waals surface area (Å²) in [6.07, 6.45) is 0. The van der Waals surface area contributed by atoms with Crippen LogP contribution in [0, 0.1) is 5.82 Å². The van der Waals surface area contributed by atoms with Crippen LogP contribution in [0.2, 0.25) is 0 Å². The molecule has 14 heavy (non-hydrogen) atoms. The molecule has 0 aliphatic carbocycles. The van der Waals surface area contributed by atoms with Gasteiger partial charge in [-0.15, -0.1) is 0 Å². The van der Waals surface area contributed by atoms with Crippen molar-refractivity contribution in [2.45, 2.75) is 0 Å². The summed E-state index contributed by atoms with van der Waals surface area (Å²) in [7, 11) is 0. The second-order valence-corrected chi connectivity index (χ2v) is 3.00. The Bertz CT molecular complexity index is 393. The van der Waals surface area contributed by atoms with Gasteiger partial charge in [0.1, 0.15) is 5.56 Å². The molecule has 0 atom stereocenters. The van der Waals surface area contributed by atoms with Crippen molar-refractivity contribution in [1.29, 1.82) is 0 Å². The van der Waals surface area contributed by atoms with E-state index in [2.05, 4.69) is 10.6 Å². The van der Waals surface area contributed by atoms with Crippen LogP contribution in [0.5, 0.6) is 5.75 Å². The van der Waals surface area contributed by atoms with Gasteiger partial charge in [-0.25, -0.2) is 4.39 Å². The predicted molar refractivity (Wildman–Crippen MR) is 48.9 cm³/mol. The summed E-state index contributed by atoms with van der Waals surface area (Å²) < 4.78 is 13.4. The van der Waals surface area contributed by atoms with E-state index in [4.69, 9.17) is 5.11 Å². The highest BCUT2D eigenvalue weighted by molar-refractivity contribution is 6.00. The number of halogens is 1. The molecule has 0 radical (unpaired) electrons. The molecular formula is C9H9FN2O2. The van der Waals surface area contributed by atoms with Crippen molar-refractivity contribution in [1.82, 2.24) is 5.32 Å². The Hall–Kier alpha value is -1.78. The summed E-state index contributed by atoms with van der Waals surface area (Å²) in [6.45, 7) is 0.983. The van der Waals surface area contributed by atoms with E-state index in [0.29, 0.717) is 18.8 Å². The minimum atomic E-state index is -0.880. The first-order valence-corrected chi connectivity index (χ1v) is 4.23. The maximum absolute atomic E-state index is 13.4. The van der Waals surface area contributed by atoms with Crippen molar-refractivity contribution in [3.8, 4) is 5.75 Å². The van der Waals surface area contributed by atoms with Crippen molar-refractivity contribution in [3.63, 3.8) is 0 Å². The number of anilines is 1. The largest absolute Gasteiger partial charge is 0.505 e. The quantitative estimate of drug-likeness (QED) is 0.535. The fourth-order valence-corrected chi connectivity index (χ4v) is 1.40. The van der Waals surface area contributed by atoms with E-state index in [0.717, 1.165) is 0 Å². The average molecular weight is 196 g/mol. The van der Waals surface area contributed by atoms with Gasteiger partial charge in [-0.05, 0) is 12.1 Å². The minimum Gasteiger partial charge on any atom is -0.505 e. The zero-order valence-corrected chi connectivity index (χ0v) is 7.30. The molecule has 0 bridgehead atoms. The van der Waals surface area contributed by atoms with E-state index in [9.17, 15) is 9.18 Å². The third-order valence-corrected chi connectivity index (χ3v) is 2.07. The first-order chi connectivity index (χ1) is 6.70. The number of phenols is 1. The first-order valence-electron chi connectivity index (χ1n) is 4.23. The number of aromatic hydroxyl groups is 1. The molecule has 74 valence electrons. The summed E-state index contributed by atoms with van der Waals surface area (Å²) in [5, 5.41) is 14.5. The first kappa shape index (κ1) is 8.80. The molecule has 4 nitrogen and oxygen atoms in total. The molecule has 0 saturated carbocycles. The Labute approximate surface area is 79.7 Å². The molecule has 0 unspecified atom stereocenters. The second kappa shape index (κ2) is 3.17. The lowest BCUT2D eigenvalue weighted by Crippen LogP contribution is -2.25. The number of carbonyl (C=O) groups excluding carboxylic acids is 1. The molecule has 1 aliphatic heterocycles. The van der Waals surface area contributed by atoms with E-state index in [1.165, 1.54) is 12.1 Å². The number of fused-ring (bicyclic) bond motifs is 1. The van der Waals surface area contributed by atoms with E-state index in [1.54, 1.807) is 0 Å². The van der Waals surface area contributed by atoms with Crippen molar-refractivity contribution in [2.24, 2.45) is 0 Å². The third-order valence-electron chi connectivity index (χ3n) is 2.07. The maximum atomic E-state index is 13.4. The number of amides is 1. The Morgan fingerprint density at radius 1 is 1.29 bits per heavy atom. The van der Waals surface area contributed by atoms with Crippen molar-refractivity contribution in [3.05, 3.63) is 23.5 Å². The molecule has 1 aromatic rings. The lowest BCUT2D eigenvalue weighted by Gasteiger charge is -2.07. The molecule has 0 aromatic heterocycles. The number of hydrogen-bond acceptors (Lipinski definition) is 3. The summed E-state index contributed by atoms with van der Waals surface area (Å²) in [5.74, 6) is -1.89. The molecule has 5 heteroatoms. The Morgan fingerprint density at radius 3 is 2.79 bits per heavy atom. The van der Waals surface area contributed by atoms with Crippen molar-refractivity contribution in [2.75, 3.05) is 18.4 Å². The fraction of sp³-hybridized carbons (Fsp3) is 0.222. The van der Waals surface area contributed by atoms with Gasteiger partial charge in [-0.1, -0.05) is 0 Å². The maximum Gasteiger partial charge on any atom is 0.256 e. The fourth-order valence-electron chi connectivity index (χ4n) is 1.40. The van der Waals surface area contributed by atoms with E-state index < -0.39 is 17.5 Å². The molecule has 1 aromatic carbocycles. The molecule has 0 saturated heterocycles. The number of hydrogen-bond donors (Lipinski definition) is 3. The topological polar surface area (TPSA) is 61.4 Å². The molecule has 3 N–H and O–H groups in total. The van der Waals surface area contributed by atoms with Gasteiger partial charge in [0.15, 0.2) is 11.6 Å². The van der Waals surface area contributed by atoms with E-state index in [1.807, 2.05) is 0 Å². The number of nitrogens with one attached hydrogen (secondary N) is 2. The number of benzene rings is 1. The molecule has 2 rings (SSSR count). The lowest BCUT2D eigenvalue weighted by molar-refractivity contribution is 0.0953. The van der Waals surface area contributed by atoms with Gasteiger partial charge in [-0.2, -0.15) is 0 Å². The zero-order valence-electron chi connectivity index (χ0n) is 7.30. The molecule has 1 amide bonds. The molecule has 0 fully saturated rings. The molecular weight excluding hydrogens is 187 g/mol. The summed E-state index contributed by atoms with van der Waals surface area (Å²) in [6, 6.07) is 2.71. The van der Waals surface area contributed by atoms with Gasteiger partial charge in [0.05, 0.1) is 5.69 Å². The summed E-state index contributed by atoms with van der Waals surface area (Å²) in [4.78, 5) is 11.4. The summed E-state index contributed by atoms with van der Waals surface area (Å²) >= 11 is 0. The molecule has 1 aliphatic rings. The minimum absolute atomic E-state index is 0.123. The second-order valence-electron chi connectivity index (χ2n) is 3.00. The zero-order chi connectivity index (χ0) is 10.1. The summed E-state index contributed by atoms with van der Waals surface area (Å²) in [5.41, 5.74) is 0.290. The van der Waals surface area contributed by atoms with Crippen LogP contribution in [0.4, 0.5) is 10.1 Å². The predicted octanol–water partition coefficient (Wildman–Crippen LogP) is 0.687. The normalized spacial score (nSPS) is 15.1. The van der Waals surface area contributed by atoms with Gasteiger partial charge < -0.3 is 15.7 Å². The van der Waals surface area contributed by atoms with Crippen LogP contribution in [0.25, 0.3) is 0 Å². The molecule has 0 spiro atoms. The SMILES string of the molecule is O=C1NCCNc2ccc(O)c(F)c21.